The highest BCUT2D eigenvalue weighted by Gasteiger charge is 2.14. The maximum atomic E-state index is 13.5. The first-order valence-corrected chi connectivity index (χ1v) is 10.5. The molecule has 9 heteroatoms. The fraction of sp³-hybridized carbons (Fsp3) is 0.364. The average molecular weight is 446 g/mol. The number of benzene rings is 2. The third kappa shape index (κ3) is 5.33. The molecule has 1 saturated heterocycles. The number of rotatable bonds is 8. The number of hydrogen-bond donors (Lipinski definition) is 1. The molecule has 0 amide bonds. The van der Waals surface area contributed by atoms with Gasteiger partial charge in [0.15, 0.2) is 11.5 Å². The molecule has 1 N–H and O–H groups in total. The Labute approximate surface area is 185 Å². The highest BCUT2D eigenvalue weighted by molar-refractivity contribution is 6.31. The first kappa shape index (κ1) is 21.5. The van der Waals surface area contributed by atoms with Crippen LogP contribution in [-0.4, -0.2) is 61.4 Å². The maximum absolute atomic E-state index is 13.5. The molecule has 0 bridgehead atoms. The van der Waals surface area contributed by atoms with Crippen molar-refractivity contribution in [3.63, 3.8) is 0 Å². The van der Waals surface area contributed by atoms with Crippen molar-refractivity contribution in [2.24, 2.45) is 0 Å². The molecular weight excluding hydrogens is 422 g/mol. The molecule has 164 valence electrons. The van der Waals surface area contributed by atoms with Gasteiger partial charge in [-0.15, -0.1) is 0 Å². The van der Waals surface area contributed by atoms with Crippen molar-refractivity contribution < 1.29 is 18.6 Å². The van der Waals surface area contributed by atoms with E-state index in [0.717, 1.165) is 44.7 Å². The monoisotopic (exact) mass is 445 g/mol. The lowest BCUT2D eigenvalue weighted by Crippen LogP contribution is -2.37. The highest BCUT2D eigenvalue weighted by atomic mass is 35.5. The number of nitrogens with one attached hydrogen (secondary N) is 1. The van der Waals surface area contributed by atoms with Gasteiger partial charge in [0.05, 0.1) is 37.5 Å². The average Bonchev–Trinajstić information content (AvgIpc) is 2.79. The second-order valence-electron chi connectivity index (χ2n) is 7.15. The number of ether oxygens (including phenoxy) is 3. The molecule has 4 rings (SSSR count). The molecule has 0 spiro atoms. The summed E-state index contributed by atoms with van der Waals surface area (Å²) in [5, 5.41) is 3.97. The minimum atomic E-state index is -0.475. The number of hydrogen-bond acceptors (Lipinski definition) is 7. The van der Waals surface area contributed by atoms with Crippen LogP contribution in [0.2, 0.25) is 5.02 Å². The number of anilines is 2. The van der Waals surface area contributed by atoms with Gasteiger partial charge in [-0.2, -0.15) is 0 Å². The Kier molecular flexibility index (Phi) is 7.01. The standard InChI is InChI=1S/C22H24ClFN4O3/c1-29-20-13-19-16(12-21(20)31-8-2-5-28-6-9-30-10-7-28)22(26-14-25-19)27-15-3-4-18(24)17(23)11-15/h3-4,11-14H,2,5-10H2,1H3,(H,25,26,27)/i24-1. The summed E-state index contributed by atoms with van der Waals surface area (Å²) in [6.07, 6.45) is 2.35. The molecule has 0 saturated carbocycles. The van der Waals surface area contributed by atoms with Crippen LogP contribution in [0, 0.1) is 5.82 Å². The van der Waals surface area contributed by atoms with Crippen molar-refractivity contribution in [2.45, 2.75) is 6.42 Å². The SMILES string of the molecule is COc1cc2ncnc(Nc3ccc([18F])c(Cl)c3)c2cc1OCCCN1CCOCC1. The zero-order valence-corrected chi connectivity index (χ0v) is 18.0. The van der Waals surface area contributed by atoms with Gasteiger partial charge in [-0.05, 0) is 30.7 Å². The molecule has 3 aromatic rings. The van der Waals surface area contributed by atoms with E-state index >= 15 is 0 Å². The van der Waals surface area contributed by atoms with Crippen molar-refractivity contribution in [3.8, 4) is 11.5 Å². The van der Waals surface area contributed by atoms with E-state index in [1.807, 2.05) is 12.1 Å². The van der Waals surface area contributed by atoms with E-state index in [4.69, 9.17) is 25.8 Å². The fourth-order valence-corrected chi connectivity index (χ4v) is 3.62. The van der Waals surface area contributed by atoms with Crippen LogP contribution >= 0.6 is 11.6 Å². The van der Waals surface area contributed by atoms with Crippen molar-refractivity contribution in [2.75, 3.05) is 51.9 Å². The first-order valence-electron chi connectivity index (χ1n) is 10.1. The van der Waals surface area contributed by atoms with Gasteiger partial charge in [0.2, 0.25) is 0 Å². The number of halogens is 2. The third-order valence-corrected chi connectivity index (χ3v) is 5.37. The molecule has 2 heterocycles. The smallest absolute Gasteiger partial charge is 0.162 e. The molecule has 0 aliphatic carbocycles. The molecule has 1 aliphatic heterocycles. The van der Waals surface area contributed by atoms with Gasteiger partial charge < -0.3 is 19.5 Å². The van der Waals surface area contributed by atoms with E-state index < -0.39 is 5.82 Å². The minimum Gasteiger partial charge on any atom is -0.493 e. The molecule has 0 radical (unpaired) electrons. The topological polar surface area (TPSA) is 68.7 Å². The van der Waals surface area contributed by atoms with Crippen LogP contribution in [-0.2, 0) is 4.74 Å². The van der Waals surface area contributed by atoms with Gasteiger partial charge >= 0.3 is 0 Å². The maximum Gasteiger partial charge on any atom is 0.162 e. The van der Waals surface area contributed by atoms with Gasteiger partial charge in [-0.3, -0.25) is 4.90 Å². The number of methoxy groups -OCH3 is 1. The van der Waals surface area contributed by atoms with Crippen LogP contribution in [0.1, 0.15) is 6.42 Å². The quantitative estimate of drug-likeness (QED) is 0.519. The van der Waals surface area contributed by atoms with E-state index in [2.05, 4.69) is 20.2 Å². The summed E-state index contributed by atoms with van der Waals surface area (Å²) < 4.78 is 30.4. The Morgan fingerprint density at radius 1 is 1.16 bits per heavy atom. The van der Waals surface area contributed by atoms with Crippen LogP contribution in [0.25, 0.3) is 10.9 Å². The van der Waals surface area contributed by atoms with Gasteiger partial charge in [0, 0.05) is 36.8 Å². The number of fused-ring (bicyclic) bond motifs is 1. The number of morpholine rings is 1. The molecule has 31 heavy (non-hydrogen) atoms. The van der Waals surface area contributed by atoms with Gasteiger partial charge in [-0.1, -0.05) is 11.6 Å². The number of nitrogens with zero attached hydrogens (tertiary/aromatic N) is 3. The Hall–Kier alpha value is -2.68. The second-order valence-corrected chi connectivity index (χ2v) is 7.56. The molecule has 0 atom stereocenters. The third-order valence-electron chi connectivity index (χ3n) is 5.08. The van der Waals surface area contributed by atoms with Crippen LogP contribution in [0.5, 0.6) is 11.5 Å². The van der Waals surface area contributed by atoms with Crippen molar-refractivity contribution in [1.29, 1.82) is 0 Å². The summed E-state index contributed by atoms with van der Waals surface area (Å²) in [4.78, 5) is 11.0. The van der Waals surface area contributed by atoms with Gasteiger partial charge in [0.25, 0.3) is 0 Å². The predicted molar refractivity (Wildman–Crippen MR) is 118 cm³/mol. The largest absolute Gasteiger partial charge is 0.493 e. The van der Waals surface area contributed by atoms with Gasteiger partial charge in [-0.25, -0.2) is 14.4 Å². The van der Waals surface area contributed by atoms with Gasteiger partial charge in [0.1, 0.15) is 18.0 Å². The zero-order valence-electron chi connectivity index (χ0n) is 17.2. The summed E-state index contributed by atoms with van der Waals surface area (Å²) in [6.45, 7) is 5.00. The summed E-state index contributed by atoms with van der Waals surface area (Å²) >= 11 is 5.90. The Morgan fingerprint density at radius 3 is 2.77 bits per heavy atom. The summed E-state index contributed by atoms with van der Waals surface area (Å²) in [5.41, 5.74) is 1.32. The first-order chi connectivity index (χ1) is 15.1. The molecule has 7 nitrogen and oxygen atoms in total. The summed E-state index contributed by atoms with van der Waals surface area (Å²) in [7, 11) is 1.60. The minimum absolute atomic E-state index is 0.0364. The van der Waals surface area contributed by atoms with E-state index in [1.54, 1.807) is 13.2 Å². The van der Waals surface area contributed by atoms with E-state index in [-0.39, 0.29) is 5.02 Å². The van der Waals surface area contributed by atoms with Crippen molar-refractivity contribution in [3.05, 3.63) is 47.5 Å². The van der Waals surface area contributed by atoms with Crippen LogP contribution in [0.4, 0.5) is 15.9 Å². The Bertz CT molecular complexity index is 1050. The van der Waals surface area contributed by atoms with Crippen LogP contribution in [0.15, 0.2) is 36.7 Å². The second kappa shape index (κ2) is 10.1. The predicted octanol–water partition coefficient (Wildman–Crippen LogP) is 4.28. The summed E-state index contributed by atoms with van der Waals surface area (Å²) in [5.74, 6) is 1.31. The molecule has 0 unspecified atom stereocenters. The summed E-state index contributed by atoms with van der Waals surface area (Å²) in [6, 6.07) is 8.09. The van der Waals surface area contributed by atoms with E-state index in [1.165, 1.54) is 18.5 Å². The Morgan fingerprint density at radius 2 is 2.00 bits per heavy atom. The lowest BCUT2D eigenvalue weighted by molar-refractivity contribution is 0.0357. The molecule has 1 aliphatic rings. The van der Waals surface area contributed by atoms with Crippen molar-refractivity contribution in [1.82, 2.24) is 14.9 Å². The fourth-order valence-electron chi connectivity index (χ4n) is 3.44. The Balaban J connectivity index is 1.51. The van der Waals surface area contributed by atoms with E-state index in [0.29, 0.717) is 35.1 Å². The van der Waals surface area contributed by atoms with E-state index in [9.17, 15) is 4.39 Å². The van der Waals surface area contributed by atoms with Crippen molar-refractivity contribution >= 4 is 34.0 Å². The lowest BCUT2D eigenvalue weighted by atomic mass is 10.2. The molecule has 1 fully saturated rings. The van der Waals surface area contributed by atoms with Crippen LogP contribution in [0.3, 0.4) is 0 Å². The molecular formula is C22H24ClFN4O3. The lowest BCUT2D eigenvalue weighted by Gasteiger charge is -2.26. The molecule has 1 aromatic heterocycles. The normalized spacial score (nSPS) is 14.5. The highest BCUT2D eigenvalue weighted by Crippen LogP contribution is 2.35. The number of aromatic nitrogens is 2. The van der Waals surface area contributed by atoms with Crippen LogP contribution < -0.4 is 14.8 Å². The molecule has 2 aromatic carbocycles. The zero-order chi connectivity index (χ0) is 21.6.